The van der Waals surface area contributed by atoms with E-state index in [1.54, 1.807) is 12.1 Å². The Morgan fingerprint density at radius 3 is 1.22 bits per heavy atom. The van der Waals surface area contributed by atoms with Crippen LogP contribution in [0.25, 0.3) is 0 Å². The van der Waals surface area contributed by atoms with Crippen molar-refractivity contribution in [2.45, 2.75) is 0 Å². The summed E-state index contributed by atoms with van der Waals surface area (Å²) in [5.74, 6) is -0.306. The molecular formula is C26H14N2O8. The fraction of sp³-hybridized carbons (Fsp3) is 0. The van der Waals surface area contributed by atoms with Crippen LogP contribution in [0, 0.1) is 20.2 Å². The number of fused-ring (bicyclic) bond motifs is 2. The van der Waals surface area contributed by atoms with Crippen LogP contribution in [-0.2, 0) is 0 Å². The number of hydrogen-bond acceptors (Lipinski definition) is 8. The van der Waals surface area contributed by atoms with Gasteiger partial charge < -0.3 is 9.47 Å². The largest absolute Gasteiger partial charge is 0.457 e. The van der Waals surface area contributed by atoms with Gasteiger partial charge in [0.15, 0.2) is 11.6 Å². The van der Waals surface area contributed by atoms with Crippen molar-refractivity contribution in [2.24, 2.45) is 0 Å². The Bertz CT molecular complexity index is 1440. The van der Waals surface area contributed by atoms with E-state index in [1.807, 2.05) is 0 Å². The van der Waals surface area contributed by atoms with Crippen molar-refractivity contribution in [1.29, 1.82) is 0 Å². The van der Waals surface area contributed by atoms with Crippen LogP contribution in [0.2, 0.25) is 0 Å². The molecule has 4 aromatic carbocycles. The molecule has 0 heterocycles. The third kappa shape index (κ3) is 3.92. The molecule has 0 saturated carbocycles. The van der Waals surface area contributed by atoms with Crippen LogP contribution in [0.15, 0.2) is 84.9 Å². The van der Waals surface area contributed by atoms with Gasteiger partial charge in [-0.2, -0.15) is 0 Å². The second kappa shape index (κ2) is 8.76. The summed E-state index contributed by atoms with van der Waals surface area (Å²) in [6.07, 6.45) is 0. The number of rotatable bonds is 6. The molecule has 0 amide bonds. The van der Waals surface area contributed by atoms with Crippen LogP contribution in [0.3, 0.4) is 0 Å². The van der Waals surface area contributed by atoms with E-state index in [1.165, 1.54) is 72.8 Å². The maximum absolute atomic E-state index is 13.5. The quantitative estimate of drug-likeness (QED) is 0.216. The molecule has 0 aromatic heterocycles. The minimum Gasteiger partial charge on any atom is -0.457 e. The Morgan fingerprint density at radius 1 is 0.528 bits per heavy atom. The molecule has 0 aliphatic heterocycles. The van der Waals surface area contributed by atoms with Gasteiger partial charge in [-0.25, -0.2) is 0 Å². The highest BCUT2D eigenvalue weighted by Crippen LogP contribution is 2.41. The average molecular weight is 482 g/mol. The van der Waals surface area contributed by atoms with Gasteiger partial charge in [-0.1, -0.05) is 24.3 Å². The van der Waals surface area contributed by atoms with Crippen LogP contribution in [0.5, 0.6) is 23.0 Å². The van der Waals surface area contributed by atoms with E-state index in [-0.39, 0.29) is 56.6 Å². The molecule has 1 aliphatic carbocycles. The predicted octanol–water partition coefficient (Wildman–Crippen LogP) is 5.86. The highest BCUT2D eigenvalue weighted by Gasteiger charge is 2.35. The van der Waals surface area contributed by atoms with Gasteiger partial charge in [-0.05, 0) is 36.4 Å². The lowest BCUT2D eigenvalue weighted by Gasteiger charge is -2.22. The number of benzene rings is 4. The Labute approximate surface area is 202 Å². The first-order valence-electron chi connectivity index (χ1n) is 10.5. The summed E-state index contributed by atoms with van der Waals surface area (Å²) < 4.78 is 11.7. The SMILES string of the molecule is O=C1c2ccccc2C(=O)c2c(Oc3ccc([N+](=O)[O-])cc3)ccc(Oc3ccc([N+](=O)[O-])cc3)c21. The minimum atomic E-state index is -0.547. The molecule has 176 valence electrons. The second-order valence-corrected chi connectivity index (χ2v) is 7.72. The molecule has 5 rings (SSSR count). The number of nitrogens with zero attached hydrogens (tertiary/aromatic N) is 2. The van der Waals surface area contributed by atoms with Gasteiger partial charge in [-0.3, -0.25) is 29.8 Å². The Balaban J connectivity index is 1.60. The molecule has 10 heteroatoms. The van der Waals surface area contributed by atoms with E-state index in [4.69, 9.17) is 9.47 Å². The molecule has 0 saturated heterocycles. The first-order chi connectivity index (χ1) is 17.3. The second-order valence-electron chi connectivity index (χ2n) is 7.72. The predicted molar refractivity (Wildman–Crippen MR) is 126 cm³/mol. The van der Waals surface area contributed by atoms with Gasteiger partial charge in [0.25, 0.3) is 11.4 Å². The lowest BCUT2D eigenvalue weighted by Crippen LogP contribution is -2.22. The smallest absolute Gasteiger partial charge is 0.269 e. The topological polar surface area (TPSA) is 139 Å². The number of nitro benzene ring substituents is 2. The molecule has 0 bridgehead atoms. The summed E-state index contributed by atoms with van der Waals surface area (Å²) in [6, 6.07) is 19.9. The third-order valence-electron chi connectivity index (χ3n) is 5.55. The molecule has 0 unspecified atom stereocenters. The standard InChI is InChI=1S/C26H14N2O8/c29-25-19-3-1-2-4-20(19)26(30)24-22(36-18-11-7-16(8-12-18)28(33)34)14-13-21(23(24)25)35-17-9-5-15(6-10-17)27(31)32/h1-14H. The molecule has 0 N–H and O–H groups in total. The van der Waals surface area contributed by atoms with Crippen LogP contribution in [-0.4, -0.2) is 21.4 Å². The highest BCUT2D eigenvalue weighted by molar-refractivity contribution is 6.30. The van der Waals surface area contributed by atoms with Gasteiger partial charge in [-0.15, -0.1) is 0 Å². The van der Waals surface area contributed by atoms with Crippen molar-refractivity contribution in [3.63, 3.8) is 0 Å². The third-order valence-corrected chi connectivity index (χ3v) is 5.55. The molecule has 36 heavy (non-hydrogen) atoms. The first kappa shape index (κ1) is 22.4. The van der Waals surface area contributed by atoms with Crippen molar-refractivity contribution >= 4 is 22.9 Å². The number of hydrogen-bond donors (Lipinski definition) is 0. The number of nitro groups is 2. The Morgan fingerprint density at radius 2 is 0.889 bits per heavy atom. The molecule has 0 radical (unpaired) electrons. The number of non-ortho nitro benzene ring substituents is 2. The average Bonchev–Trinajstić information content (AvgIpc) is 2.88. The van der Waals surface area contributed by atoms with E-state index in [0.717, 1.165) is 0 Å². The maximum atomic E-state index is 13.5. The summed E-state index contributed by atoms with van der Waals surface area (Å²) in [6.45, 7) is 0. The molecule has 0 spiro atoms. The molecule has 0 atom stereocenters. The number of ketones is 2. The van der Waals surface area contributed by atoms with E-state index in [9.17, 15) is 29.8 Å². The van der Waals surface area contributed by atoms with Crippen LogP contribution in [0.4, 0.5) is 11.4 Å². The van der Waals surface area contributed by atoms with Crippen molar-refractivity contribution in [2.75, 3.05) is 0 Å². The van der Waals surface area contributed by atoms with Gasteiger partial charge in [0.2, 0.25) is 0 Å². The maximum Gasteiger partial charge on any atom is 0.269 e. The van der Waals surface area contributed by atoms with Gasteiger partial charge in [0.05, 0.1) is 21.0 Å². The number of carbonyl (C=O) groups is 2. The zero-order chi connectivity index (χ0) is 25.4. The zero-order valence-electron chi connectivity index (χ0n) is 18.2. The van der Waals surface area contributed by atoms with Gasteiger partial charge in [0.1, 0.15) is 23.0 Å². The zero-order valence-corrected chi connectivity index (χ0v) is 18.2. The molecular weight excluding hydrogens is 468 g/mol. The summed E-state index contributed by atoms with van der Waals surface area (Å²) in [4.78, 5) is 47.7. The van der Waals surface area contributed by atoms with E-state index < -0.39 is 21.4 Å². The van der Waals surface area contributed by atoms with Crippen molar-refractivity contribution in [3.8, 4) is 23.0 Å². The van der Waals surface area contributed by atoms with Crippen LogP contribution >= 0.6 is 0 Å². The summed E-state index contributed by atoms with van der Waals surface area (Å²) >= 11 is 0. The lowest BCUT2D eigenvalue weighted by atomic mass is 9.83. The molecule has 0 fully saturated rings. The van der Waals surface area contributed by atoms with E-state index >= 15 is 0 Å². The fourth-order valence-electron chi connectivity index (χ4n) is 3.86. The van der Waals surface area contributed by atoms with Crippen LogP contribution < -0.4 is 9.47 Å². The molecule has 1 aliphatic rings. The molecule has 10 nitrogen and oxygen atoms in total. The van der Waals surface area contributed by atoms with Crippen molar-refractivity contribution in [3.05, 3.63) is 127 Å². The van der Waals surface area contributed by atoms with Crippen molar-refractivity contribution in [1.82, 2.24) is 0 Å². The van der Waals surface area contributed by atoms with E-state index in [0.29, 0.717) is 0 Å². The lowest BCUT2D eigenvalue weighted by molar-refractivity contribution is -0.385. The molecule has 4 aromatic rings. The summed E-state index contributed by atoms with van der Waals surface area (Å²) in [7, 11) is 0. The van der Waals surface area contributed by atoms with E-state index in [2.05, 4.69) is 0 Å². The highest BCUT2D eigenvalue weighted by atomic mass is 16.6. The monoisotopic (exact) mass is 482 g/mol. The van der Waals surface area contributed by atoms with Gasteiger partial charge >= 0.3 is 0 Å². The van der Waals surface area contributed by atoms with Gasteiger partial charge in [0, 0.05) is 35.4 Å². The van der Waals surface area contributed by atoms with Crippen LogP contribution in [0.1, 0.15) is 31.8 Å². The Hall–Kier alpha value is -5.38. The summed E-state index contributed by atoms with van der Waals surface area (Å²) in [5.41, 5.74) is 0.118. The minimum absolute atomic E-state index is 0.0172. The Kier molecular flexibility index (Phi) is 5.46. The fourth-order valence-corrected chi connectivity index (χ4v) is 3.86. The summed E-state index contributed by atoms with van der Waals surface area (Å²) in [5, 5.41) is 21.9. The number of ether oxygens (including phenoxy) is 2. The normalized spacial score (nSPS) is 11.9. The van der Waals surface area contributed by atoms with Crippen molar-refractivity contribution < 1.29 is 28.9 Å². The first-order valence-corrected chi connectivity index (χ1v) is 10.5. The number of carbonyl (C=O) groups excluding carboxylic acids is 2.